The number of benzene rings is 2. The SMILES string of the molecule is N#CCc1ccc(NC(=O)CSc2nc3ccccc3n2C(F)F)cc1. The second kappa shape index (κ2) is 7.97. The smallest absolute Gasteiger partial charge is 0.321 e. The lowest BCUT2D eigenvalue weighted by Gasteiger charge is -2.08. The van der Waals surface area contributed by atoms with Crippen molar-refractivity contribution in [3.63, 3.8) is 0 Å². The Morgan fingerprint density at radius 1 is 1.23 bits per heavy atom. The fourth-order valence-electron chi connectivity index (χ4n) is 2.44. The molecule has 0 radical (unpaired) electrons. The van der Waals surface area contributed by atoms with Crippen molar-refractivity contribution in [3.05, 3.63) is 54.1 Å². The van der Waals surface area contributed by atoms with E-state index in [9.17, 15) is 13.6 Å². The molecule has 1 N–H and O–H groups in total. The third-order valence-corrected chi connectivity index (χ3v) is 4.56. The largest absolute Gasteiger partial charge is 0.325 e. The van der Waals surface area contributed by atoms with Gasteiger partial charge in [-0.15, -0.1) is 0 Å². The van der Waals surface area contributed by atoms with Crippen LogP contribution in [0.25, 0.3) is 11.0 Å². The van der Waals surface area contributed by atoms with Gasteiger partial charge in [0, 0.05) is 5.69 Å². The highest BCUT2D eigenvalue weighted by Gasteiger charge is 2.18. The Labute approximate surface area is 152 Å². The molecule has 3 aromatic rings. The fraction of sp³-hybridized carbons (Fsp3) is 0.167. The lowest BCUT2D eigenvalue weighted by Crippen LogP contribution is -2.14. The Morgan fingerprint density at radius 2 is 1.96 bits per heavy atom. The Kier molecular flexibility index (Phi) is 5.49. The third-order valence-electron chi connectivity index (χ3n) is 3.61. The van der Waals surface area contributed by atoms with E-state index in [-0.39, 0.29) is 16.8 Å². The van der Waals surface area contributed by atoms with E-state index in [1.54, 1.807) is 48.5 Å². The molecule has 2 aromatic carbocycles. The summed E-state index contributed by atoms with van der Waals surface area (Å²) in [5, 5.41) is 11.4. The second-order valence-electron chi connectivity index (χ2n) is 5.40. The quantitative estimate of drug-likeness (QED) is 0.658. The monoisotopic (exact) mass is 372 g/mol. The maximum absolute atomic E-state index is 13.3. The summed E-state index contributed by atoms with van der Waals surface area (Å²) >= 11 is 0.956. The van der Waals surface area contributed by atoms with Crippen molar-refractivity contribution in [3.8, 4) is 6.07 Å². The number of rotatable bonds is 6. The predicted molar refractivity (Wildman–Crippen MR) is 96.1 cm³/mol. The van der Waals surface area contributed by atoms with Crippen LogP contribution in [0.1, 0.15) is 12.1 Å². The van der Waals surface area contributed by atoms with Gasteiger partial charge in [0.25, 0.3) is 0 Å². The number of imidazole rings is 1. The van der Waals surface area contributed by atoms with Crippen LogP contribution < -0.4 is 5.32 Å². The molecule has 0 aliphatic carbocycles. The normalized spacial score (nSPS) is 10.8. The molecule has 8 heteroatoms. The Hall–Kier alpha value is -2.92. The van der Waals surface area contributed by atoms with Gasteiger partial charge in [0.05, 0.1) is 29.3 Å². The molecule has 0 saturated heterocycles. The van der Waals surface area contributed by atoms with E-state index < -0.39 is 6.55 Å². The van der Waals surface area contributed by atoms with Gasteiger partial charge in [0.1, 0.15) is 0 Å². The number of halogens is 2. The number of hydrogen-bond acceptors (Lipinski definition) is 4. The van der Waals surface area contributed by atoms with E-state index >= 15 is 0 Å². The third kappa shape index (κ3) is 4.00. The Balaban J connectivity index is 1.67. The van der Waals surface area contributed by atoms with Gasteiger partial charge in [-0.05, 0) is 29.8 Å². The van der Waals surface area contributed by atoms with Crippen molar-refractivity contribution < 1.29 is 13.6 Å². The van der Waals surface area contributed by atoms with Crippen LogP contribution in [0.2, 0.25) is 0 Å². The maximum Gasteiger partial charge on any atom is 0.321 e. The summed E-state index contributed by atoms with van der Waals surface area (Å²) in [5.74, 6) is -0.369. The van der Waals surface area contributed by atoms with Crippen molar-refractivity contribution in [2.45, 2.75) is 18.1 Å². The van der Waals surface area contributed by atoms with Crippen molar-refractivity contribution in [2.75, 3.05) is 11.1 Å². The van der Waals surface area contributed by atoms with Crippen LogP contribution in [0.3, 0.4) is 0 Å². The molecular weight excluding hydrogens is 358 g/mol. The summed E-state index contributed by atoms with van der Waals surface area (Å²) < 4.78 is 27.5. The molecule has 1 aromatic heterocycles. The standard InChI is InChI=1S/C18H14F2N4OS/c19-17(20)24-15-4-2-1-3-14(15)23-18(24)26-11-16(25)22-13-7-5-12(6-8-13)9-10-21/h1-8,17H,9,11H2,(H,22,25). The first-order chi connectivity index (χ1) is 12.6. The lowest BCUT2D eigenvalue weighted by molar-refractivity contribution is -0.113. The van der Waals surface area contributed by atoms with E-state index in [0.717, 1.165) is 21.9 Å². The first-order valence-corrected chi connectivity index (χ1v) is 8.70. The zero-order valence-corrected chi connectivity index (χ0v) is 14.3. The predicted octanol–water partition coefficient (Wildman–Crippen LogP) is 4.23. The van der Waals surface area contributed by atoms with Gasteiger partial charge in [0.15, 0.2) is 5.16 Å². The van der Waals surface area contributed by atoms with E-state index in [0.29, 0.717) is 23.1 Å². The van der Waals surface area contributed by atoms with Crippen molar-refractivity contribution in [1.29, 1.82) is 5.26 Å². The van der Waals surface area contributed by atoms with Crippen LogP contribution in [0.5, 0.6) is 0 Å². The van der Waals surface area contributed by atoms with Gasteiger partial charge < -0.3 is 5.32 Å². The Morgan fingerprint density at radius 3 is 2.65 bits per heavy atom. The van der Waals surface area contributed by atoms with Crippen molar-refractivity contribution >= 4 is 34.4 Å². The first kappa shape index (κ1) is 17.9. The van der Waals surface area contributed by atoms with Crippen LogP contribution >= 0.6 is 11.8 Å². The number of aromatic nitrogens is 2. The number of fused-ring (bicyclic) bond motifs is 1. The minimum absolute atomic E-state index is 0.0456. The number of alkyl halides is 2. The molecule has 0 spiro atoms. The minimum Gasteiger partial charge on any atom is -0.325 e. The molecule has 1 amide bonds. The van der Waals surface area contributed by atoms with Gasteiger partial charge >= 0.3 is 6.55 Å². The Bertz CT molecular complexity index is 963. The van der Waals surface area contributed by atoms with Crippen LogP contribution in [0.4, 0.5) is 14.5 Å². The maximum atomic E-state index is 13.3. The average Bonchev–Trinajstić information content (AvgIpc) is 3.00. The fourth-order valence-corrected chi connectivity index (χ4v) is 3.25. The van der Waals surface area contributed by atoms with E-state index in [2.05, 4.69) is 10.3 Å². The number of amides is 1. The number of thioether (sulfide) groups is 1. The number of hydrogen-bond donors (Lipinski definition) is 1. The molecule has 3 rings (SSSR count). The zero-order valence-electron chi connectivity index (χ0n) is 13.5. The van der Waals surface area contributed by atoms with Gasteiger partial charge in [-0.2, -0.15) is 14.0 Å². The number of para-hydroxylation sites is 2. The molecule has 0 atom stereocenters. The van der Waals surface area contributed by atoms with Gasteiger partial charge in [0.2, 0.25) is 5.91 Å². The summed E-state index contributed by atoms with van der Waals surface area (Å²) in [6, 6.07) is 15.6. The summed E-state index contributed by atoms with van der Waals surface area (Å²) in [6.07, 6.45) is 0.300. The molecule has 0 fully saturated rings. The summed E-state index contributed by atoms with van der Waals surface area (Å²) in [5.41, 5.74) is 2.23. The summed E-state index contributed by atoms with van der Waals surface area (Å²) in [4.78, 5) is 16.3. The van der Waals surface area contributed by atoms with Gasteiger partial charge in [-0.3, -0.25) is 9.36 Å². The molecule has 0 unspecified atom stereocenters. The first-order valence-electron chi connectivity index (χ1n) is 7.72. The van der Waals surface area contributed by atoms with Crippen LogP contribution in [0.15, 0.2) is 53.7 Å². The van der Waals surface area contributed by atoms with E-state index in [4.69, 9.17) is 5.26 Å². The highest BCUT2D eigenvalue weighted by atomic mass is 32.2. The highest BCUT2D eigenvalue weighted by Crippen LogP contribution is 2.29. The van der Waals surface area contributed by atoms with Crippen molar-refractivity contribution in [1.82, 2.24) is 9.55 Å². The van der Waals surface area contributed by atoms with Gasteiger partial charge in [-0.25, -0.2) is 4.98 Å². The molecule has 5 nitrogen and oxygen atoms in total. The molecule has 0 saturated carbocycles. The molecular formula is C18H14F2N4OS. The highest BCUT2D eigenvalue weighted by molar-refractivity contribution is 7.99. The number of nitriles is 1. The number of nitrogens with one attached hydrogen (secondary N) is 1. The summed E-state index contributed by atoms with van der Waals surface area (Å²) in [6.45, 7) is -2.74. The molecule has 0 aliphatic heterocycles. The molecule has 132 valence electrons. The van der Waals surface area contributed by atoms with Gasteiger partial charge in [-0.1, -0.05) is 36.0 Å². The van der Waals surface area contributed by atoms with Crippen molar-refractivity contribution in [2.24, 2.45) is 0 Å². The topological polar surface area (TPSA) is 70.7 Å². The van der Waals surface area contributed by atoms with Crippen LogP contribution in [0, 0.1) is 11.3 Å². The lowest BCUT2D eigenvalue weighted by atomic mass is 10.1. The molecule has 0 aliphatic rings. The number of carbonyl (C=O) groups is 1. The van der Waals surface area contributed by atoms with E-state index in [1.165, 1.54) is 0 Å². The molecule has 1 heterocycles. The number of nitrogens with zero attached hydrogens (tertiary/aromatic N) is 3. The molecule has 26 heavy (non-hydrogen) atoms. The minimum atomic E-state index is -2.74. The summed E-state index contributed by atoms with van der Waals surface area (Å²) in [7, 11) is 0. The zero-order chi connectivity index (χ0) is 18.5. The number of anilines is 1. The van der Waals surface area contributed by atoms with Crippen LogP contribution in [-0.4, -0.2) is 21.2 Å². The average molecular weight is 372 g/mol. The number of carbonyl (C=O) groups excluding carboxylic acids is 1. The second-order valence-corrected chi connectivity index (χ2v) is 6.34. The molecule has 0 bridgehead atoms. The van der Waals surface area contributed by atoms with Crippen LogP contribution in [-0.2, 0) is 11.2 Å². The van der Waals surface area contributed by atoms with E-state index in [1.807, 2.05) is 6.07 Å².